The van der Waals surface area contributed by atoms with Crippen molar-refractivity contribution in [1.29, 1.82) is 0 Å². The van der Waals surface area contributed by atoms with Crippen molar-refractivity contribution in [2.75, 3.05) is 6.54 Å². The smallest absolute Gasteiger partial charge is 0.259 e. The molecule has 2 aliphatic carbocycles. The molecule has 3 aliphatic rings. The number of ether oxygens (including phenoxy) is 1. The molecule has 1 aromatic heterocycles. The van der Waals surface area contributed by atoms with E-state index >= 15 is 0 Å². The maximum absolute atomic E-state index is 13.0. The first-order valence-corrected chi connectivity index (χ1v) is 12.6. The number of carbonyl (C=O) groups excluding carboxylic acids is 2. The van der Waals surface area contributed by atoms with Gasteiger partial charge < -0.3 is 15.4 Å². The van der Waals surface area contributed by atoms with Gasteiger partial charge in [0.15, 0.2) is 0 Å². The third-order valence-corrected chi connectivity index (χ3v) is 8.39. The van der Waals surface area contributed by atoms with E-state index in [1.807, 2.05) is 30.3 Å². The molecule has 2 saturated carbocycles. The van der Waals surface area contributed by atoms with Crippen LogP contribution in [0.1, 0.15) is 25.7 Å². The zero-order chi connectivity index (χ0) is 23.2. The van der Waals surface area contributed by atoms with Crippen LogP contribution in [0.25, 0.3) is 10.8 Å². The molecule has 2 aromatic rings. The predicted molar refractivity (Wildman–Crippen MR) is 122 cm³/mol. The van der Waals surface area contributed by atoms with Crippen molar-refractivity contribution in [1.82, 2.24) is 20.3 Å². The van der Waals surface area contributed by atoms with Crippen LogP contribution in [0.2, 0.25) is 0 Å². The van der Waals surface area contributed by atoms with E-state index in [0.29, 0.717) is 38.1 Å². The number of aromatic nitrogens is 1. The third kappa shape index (κ3) is 4.20. The molecule has 3 N–H and O–H groups in total. The number of carbonyl (C=O) groups is 2. The van der Waals surface area contributed by atoms with Gasteiger partial charge in [0.05, 0.1) is 11.3 Å². The second-order valence-electron chi connectivity index (χ2n) is 8.96. The second-order valence-corrected chi connectivity index (χ2v) is 10.9. The average molecular weight is 471 g/mol. The largest absolute Gasteiger partial charge is 0.472 e. The van der Waals surface area contributed by atoms with Crippen molar-refractivity contribution < 1.29 is 22.7 Å². The van der Waals surface area contributed by atoms with Crippen molar-refractivity contribution in [2.45, 2.75) is 48.6 Å². The number of pyridine rings is 1. The van der Waals surface area contributed by atoms with Gasteiger partial charge >= 0.3 is 0 Å². The number of amides is 2. The van der Waals surface area contributed by atoms with Crippen LogP contribution in [0.15, 0.2) is 49.2 Å². The van der Waals surface area contributed by atoms with E-state index in [2.05, 4.69) is 26.9 Å². The fourth-order valence-corrected chi connectivity index (χ4v) is 5.72. The lowest BCUT2D eigenvalue weighted by Crippen LogP contribution is -2.55. The number of fused-ring (bicyclic) bond motifs is 1. The van der Waals surface area contributed by atoms with Crippen LogP contribution >= 0.6 is 0 Å². The second kappa shape index (κ2) is 8.11. The van der Waals surface area contributed by atoms with Gasteiger partial charge in [0.25, 0.3) is 5.91 Å². The molecule has 5 rings (SSSR count). The van der Waals surface area contributed by atoms with Crippen LogP contribution in [-0.2, 0) is 19.6 Å². The number of benzene rings is 1. The quantitative estimate of drug-likeness (QED) is 0.492. The summed E-state index contributed by atoms with van der Waals surface area (Å²) in [7, 11) is -3.70. The number of sulfonamides is 1. The van der Waals surface area contributed by atoms with Crippen LogP contribution in [0, 0.1) is 5.92 Å². The summed E-state index contributed by atoms with van der Waals surface area (Å²) in [5, 5.41) is 7.31. The number of nitrogens with one attached hydrogen (secondary N) is 3. The van der Waals surface area contributed by atoms with E-state index in [1.165, 1.54) is 0 Å². The summed E-state index contributed by atoms with van der Waals surface area (Å²) < 4.78 is 32.7. The molecular formula is C23H26N4O5S. The fraction of sp³-hybridized carbons (Fsp3) is 0.435. The highest BCUT2D eigenvalue weighted by atomic mass is 32.2. The lowest BCUT2D eigenvalue weighted by Gasteiger charge is -2.21. The molecule has 0 bridgehead atoms. The van der Waals surface area contributed by atoms with Gasteiger partial charge in [-0.05, 0) is 36.8 Å². The summed E-state index contributed by atoms with van der Waals surface area (Å²) in [4.78, 5) is 30.1. The van der Waals surface area contributed by atoms with Gasteiger partial charge in [0, 0.05) is 30.5 Å². The Kier molecular flexibility index (Phi) is 5.37. The first kappa shape index (κ1) is 21.8. The number of hydrogen-bond donors (Lipinski definition) is 3. The Balaban J connectivity index is 1.23. The highest BCUT2D eigenvalue weighted by molar-refractivity contribution is 7.91. The molecule has 0 radical (unpaired) electrons. The van der Waals surface area contributed by atoms with Gasteiger partial charge in [0.2, 0.25) is 21.8 Å². The first-order chi connectivity index (χ1) is 15.8. The van der Waals surface area contributed by atoms with Gasteiger partial charge in [-0.25, -0.2) is 13.4 Å². The number of hydrogen-bond acceptors (Lipinski definition) is 7. The van der Waals surface area contributed by atoms with Gasteiger partial charge in [-0.2, -0.15) is 0 Å². The Bertz CT molecular complexity index is 1220. The van der Waals surface area contributed by atoms with E-state index in [-0.39, 0.29) is 17.9 Å². The maximum Gasteiger partial charge on any atom is 0.259 e. The van der Waals surface area contributed by atoms with Crippen molar-refractivity contribution in [2.24, 2.45) is 5.92 Å². The topological polar surface area (TPSA) is 126 Å². The highest BCUT2D eigenvalue weighted by Crippen LogP contribution is 2.45. The van der Waals surface area contributed by atoms with E-state index in [1.54, 1.807) is 12.3 Å². The Morgan fingerprint density at radius 1 is 1.24 bits per heavy atom. The molecular weight excluding hydrogens is 444 g/mol. The SMILES string of the molecule is C=C[C@@H]1C[C@]1(NC(=O)[C@@H]1C[C@@H](Oc2nccc3ccccc23)CN1)C(=O)NS(=O)(=O)C1CC1. The first-order valence-electron chi connectivity index (χ1n) is 11.1. The Labute approximate surface area is 192 Å². The molecule has 4 atom stereocenters. The van der Waals surface area contributed by atoms with E-state index in [0.717, 1.165) is 10.8 Å². The summed E-state index contributed by atoms with van der Waals surface area (Å²) in [6.45, 7) is 4.16. The minimum absolute atomic E-state index is 0.270. The van der Waals surface area contributed by atoms with Crippen molar-refractivity contribution >= 4 is 32.6 Å². The van der Waals surface area contributed by atoms with Crippen LogP contribution in [0.3, 0.4) is 0 Å². The van der Waals surface area contributed by atoms with Crippen molar-refractivity contribution in [3.63, 3.8) is 0 Å². The summed E-state index contributed by atoms with van der Waals surface area (Å²) in [6, 6.07) is 9.11. The summed E-state index contributed by atoms with van der Waals surface area (Å²) in [5.74, 6) is -0.867. The van der Waals surface area contributed by atoms with Gasteiger partial charge in [0.1, 0.15) is 11.6 Å². The Morgan fingerprint density at radius 2 is 2.03 bits per heavy atom. The predicted octanol–water partition coefficient (Wildman–Crippen LogP) is 1.01. The number of nitrogens with zero attached hydrogens (tertiary/aromatic N) is 1. The molecule has 0 spiro atoms. The standard InChI is InChI=1S/C23H26N4O5S/c1-2-15-12-23(15,22(29)27-33(30,31)17-7-8-17)26-20(28)19-11-16(13-25-19)32-21-18-6-4-3-5-14(18)9-10-24-21/h2-6,9-10,15-17,19,25H,1,7-8,11-13H2,(H,26,28)(H,27,29)/t15-,16-,19+,23-/m1/s1. The molecule has 0 unspecified atom stereocenters. The monoisotopic (exact) mass is 470 g/mol. The molecule has 2 heterocycles. The molecule has 9 nitrogen and oxygen atoms in total. The van der Waals surface area contributed by atoms with E-state index in [4.69, 9.17) is 4.74 Å². The third-order valence-electron chi connectivity index (χ3n) is 6.57. The summed E-state index contributed by atoms with van der Waals surface area (Å²) >= 11 is 0. The Hall–Kier alpha value is -2.98. The van der Waals surface area contributed by atoms with E-state index in [9.17, 15) is 18.0 Å². The zero-order valence-corrected chi connectivity index (χ0v) is 18.8. The van der Waals surface area contributed by atoms with Crippen LogP contribution in [0.4, 0.5) is 0 Å². The highest BCUT2D eigenvalue weighted by Gasteiger charge is 2.61. The normalized spacial score (nSPS) is 28.8. The summed E-state index contributed by atoms with van der Waals surface area (Å²) in [6.07, 6.45) is 4.80. The minimum atomic E-state index is -3.70. The maximum atomic E-state index is 13.0. The van der Waals surface area contributed by atoms with E-state index < -0.39 is 32.8 Å². The molecule has 3 fully saturated rings. The minimum Gasteiger partial charge on any atom is -0.472 e. The number of rotatable bonds is 8. The molecule has 10 heteroatoms. The van der Waals surface area contributed by atoms with Crippen molar-refractivity contribution in [3.05, 3.63) is 49.2 Å². The van der Waals surface area contributed by atoms with Gasteiger partial charge in [-0.1, -0.05) is 24.3 Å². The lowest BCUT2D eigenvalue weighted by molar-refractivity contribution is -0.130. The Morgan fingerprint density at radius 3 is 2.76 bits per heavy atom. The molecule has 1 aliphatic heterocycles. The van der Waals surface area contributed by atoms with Crippen LogP contribution in [0.5, 0.6) is 5.88 Å². The summed E-state index contributed by atoms with van der Waals surface area (Å²) in [5.41, 5.74) is -1.28. The van der Waals surface area contributed by atoms with Crippen LogP contribution in [-0.4, -0.2) is 54.7 Å². The van der Waals surface area contributed by atoms with Gasteiger partial charge in [-0.3, -0.25) is 14.3 Å². The zero-order valence-electron chi connectivity index (χ0n) is 18.0. The fourth-order valence-electron chi connectivity index (χ4n) is 4.36. The van der Waals surface area contributed by atoms with Gasteiger partial charge in [-0.15, -0.1) is 6.58 Å². The lowest BCUT2D eigenvalue weighted by atomic mass is 10.1. The van der Waals surface area contributed by atoms with Crippen LogP contribution < -0.4 is 20.1 Å². The molecule has 33 heavy (non-hydrogen) atoms. The molecule has 1 aromatic carbocycles. The average Bonchev–Trinajstić information content (AvgIpc) is 3.71. The molecule has 174 valence electrons. The molecule has 1 saturated heterocycles. The van der Waals surface area contributed by atoms with Crippen molar-refractivity contribution in [3.8, 4) is 5.88 Å². The molecule has 2 amide bonds.